The molecule has 0 radical (unpaired) electrons. The van der Waals surface area contributed by atoms with Gasteiger partial charge in [-0.2, -0.15) is 4.21 Å². The lowest BCUT2D eigenvalue weighted by atomic mass is 10.1. The van der Waals surface area contributed by atoms with Crippen molar-refractivity contribution in [2.45, 2.75) is 0 Å². The molecule has 18 heavy (non-hydrogen) atoms. The van der Waals surface area contributed by atoms with E-state index in [9.17, 15) is 13.8 Å². The van der Waals surface area contributed by atoms with Crippen molar-refractivity contribution < 1.29 is 22.2 Å². The van der Waals surface area contributed by atoms with Gasteiger partial charge >= 0.3 is 23.3 Å². The molecule has 1 heterocycles. The van der Waals surface area contributed by atoms with Gasteiger partial charge in [0.2, 0.25) is 0 Å². The van der Waals surface area contributed by atoms with Crippen molar-refractivity contribution in [3.63, 3.8) is 0 Å². The molecule has 0 saturated heterocycles. The molecular formula is C8Cl4O5S. The molecule has 0 unspecified atom stereocenters. The predicted octanol–water partition coefficient (Wildman–Crippen LogP) is 3.21. The number of hydrogen-bond donors (Lipinski definition) is 0. The van der Waals surface area contributed by atoms with Crippen LogP contribution in [0.25, 0.3) is 0 Å². The van der Waals surface area contributed by atoms with Crippen molar-refractivity contribution in [2.75, 3.05) is 0 Å². The van der Waals surface area contributed by atoms with Gasteiger partial charge in [-0.05, 0) is 0 Å². The second-order valence-corrected chi connectivity index (χ2v) is 5.21. The first kappa shape index (κ1) is 13.9. The highest BCUT2D eigenvalue weighted by Crippen LogP contribution is 2.42. The van der Waals surface area contributed by atoms with Crippen LogP contribution in [0.4, 0.5) is 0 Å². The summed E-state index contributed by atoms with van der Waals surface area (Å²) in [6.45, 7) is 0. The van der Waals surface area contributed by atoms with Crippen LogP contribution in [0.3, 0.4) is 0 Å². The molecule has 2 rings (SSSR count). The molecule has 0 bridgehead atoms. The van der Waals surface area contributed by atoms with E-state index in [2.05, 4.69) is 8.37 Å². The van der Waals surface area contributed by atoms with Crippen LogP contribution >= 0.6 is 46.4 Å². The first-order chi connectivity index (χ1) is 8.34. The Morgan fingerprint density at radius 3 is 1.39 bits per heavy atom. The monoisotopic (exact) mass is 348 g/mol. The van der Waals surface area contributed by atoms with Crippen molar-refractivity contribution in [3.05, 3.63) is 31.2 Å². The van der Waals surface area contributed by atoms with E-state index in [0.29, 0.717) is 0 Å². The number of rotatable bonds is 0. The summed E-state index contributed by atoms with van der Waals surface area (Å²) < 4.78 is 19.6. The average Bonchev–Trinajstić information content (AvgIpc) is 2.40. The summed E-state index contributed by atoms with van der Waals surface area (Å²) in [5, 5.41) is -1.11. The lowest BCUT2D eigenvalue weighted by Gasteiger charge is -2.09. The standard InChI is InChI=1S/C8Cl4O5S/c9-3-1-2(4(10)6(12)5(3)11)8(14)17-18(15)16-7(1)13. The Balaban J connectivity index is 2.87. The molecule has 0 spiro atoms. The predicted molar refractivity (Wildman–Crippen MR) is 65.5 cm³/mol. The highest BCUT2D eigenvalue weighted by Gasteiger charge is 2.36. The van der Waals surface area contributed by atoms with Crippen LogP contribution in [-0.2, 0) is 19.7 Å². The van der Waals surface area contributed by atoms with Gasteiger partial charge in [-0.3, -0.25) is 0 Å². The molecule has 5 nitrogen and oxygen atoms in total. The SMILES string of the molecule is O=C1OS(=O)OC(=O)c2c(Cl)c(Cl)c(Cl)c(Cl)c21. The summed E-state index contributed by atoms with van der Waals surface area (Å²) in [6, 6.07) is 0. The molecule has 96 valence electrons. The van der Waals surface area contributed by atoms with Crippen molar-refractivity contribution in [2.24, 2.45) is 0 Å². The van der Waals surface area contributed by atoms with Crippen LogP contribution in [0.2, 0.25) is 20.1 Å². The van der Waals surface area contributed by atoms with Gasteiger partial charge in [-0.15, -0.1) is 0 Å². The zero-order valence-corrected chi connectivity index (χ0v) is 11.8. The quantitative estimate of drug-likeness (QED) is 0.531. The minimum absolute atomic E-state index is 0.223. The summed E-state index contributed by atoms with van der Waals surface area (Å²) in [5.74, 6) is -2.31. The summed E-state index contributed by atoms with van der Waals surface area (Å²) in [5.41, 5.74) is -0.876. The van der Waals surface area contributed by atoms with Crippen LogP contribution in [-0.4, -0.2) is 16.1 Å². The largest absolute Gasteiger partial charge is 0.423 e. The van der Waals surface area contributed by atoms with Gasteiger partial charge in [0.25, 0.3) is 0 Å². The number of benzene rings is 1. The van der Waals surface area contributed by atoms with Crippen LogP contribution < -0.4 is 0 Å². The van der Waals surface area contributed by atoms with E-state index in [4.69, 9.17) is 46.4 Å². The van der Waals surface area contributed by atoms with Gasteiger partial charge in [0.1, 0.15) is 0 Å². The molecular weight excluding hydrogens is 350 g/mol. The van der Waals surface area contributed by atoms with E-state index < -0.39 is 34.4 Å². The third kappa shape index (κ3) is 2.08. The third-order valence-corrected chi connectivity index (χ3v) is 4.34. The minimum Gasteiger partial charge on any atom is -0.330 e. The van der Waals surface area contributed by atoms with Gasteiger partial charge in [-0.25, -0.2) is 9.59 Å². The van der Waals surface area contributed by atoms with Crippen molar-refractivity contribution in [3.8, 4) is 0 Å². The van der Waals surface area contributed by atoms with E-state index in [0.717, 1.165) is 0 Å². The fourth-order valence-corrected chi connectivity index (χ4v) is 2.69. The minimum atomic E-state index is -2.58. The maximum Gasteiger partial charge on any atom is 0.423 e. The number of carbonyl (C=O) groups excluding carboxylic acids is 2. The van der Waals surface area contributed by atoms with Crippen LogP contribution in [0.1, 0.15) is 20.7 Å². The lowest BCUT2D eigenvalue weighted by Crippen LogP contribution is -2.08. The summed E-state index contributed by atoms with van der Waals surface area (Å²) in [4.78, 5) is 23.2. The van der Waals surface area contributed by atoms with Gasteiger partial charge < -0.3 is 8.37 Å². The normalized spacial score (nSPS) is 15.8. The fraction of sp³-hybridized carbons (Fsp3) is 0. The highest BCUT2D eigenvalue weighted by molar-refractivity contribution is 7.76. The van der Waals surface area contributed by atoms with Crippen molar-refractivity contribution >= 4 is 69.7 Å². The second kappa shape index (κ2) is 4.86. The van der Waals surface area contributed by atoms with Crippen molar-refractivity contribution in [1.82, 2.24) is 0 Å². The molecule has 0 fully saturated rings. The van der Waals surface area contributed by atoms with E-state index in [1.807, 2.05) is 0 Å². The zero-order chi connectivity index (χ0) is 13.6. The van der Waals surface area contributed by atoms with Gasteiger partial charge in [-0.1, -0.05) is 46.4 Å². The molecule has 0 N–H and O–H groups in total. The van der Waals surface area contributed by atoms with Crippen LogP contribution in [0, 0.1) is 0 Å². The molecule has 1 aliphatic rings. The summed E-state index contributed by atoms with van der Waals surface area (Å²) in [7, 11) is 0. The first-order valence-corrected chi connectivity index (χ1v) is 6.58. The molecule has 0 saturated carbocycles. The number of fused-ring (bicyclic) bond motifs is 1. The Morgan fingerprint density at radius 2 is 1.06 bits per heavy atom. The number of hydrogen-bond acceptors (Lipinski definition) is 5. The molecule has 0 aliphatic carbocycles. The fourth-order valence-electron chi connectivity index (χ4n) is 1.24. The Labute approximate surface area is 123 Å². The molecule has 0 aromatic heterocycles. The van der Waals surface area contributed by atoms with E-state index in [1.165, 1.54) is 0 Å². The van der Waals surface area contributed by atoms with Gasteiger partial charge in [0.15, 0.2) is 0 Å². The van der Waals surface area contributed by atoms with E-state index >= 15 is 0 Å². The molecule has 0 amide bonds. The highest BCUT2D eigenvalue weighted by atomic mass is 35.5. The van der Waals surface area contributed by atoms with Gasteiger partial charge in [0, 0.05) is 0 Å². The zero-order valence-electron chi connectivity index (χ0n) is 7.96. The van der Waals surface area contributed by atoms with Crippen LogP contribution in [0.5, 0.6) is 0 Å². The number of carbonyl (C=O) groups is 2. The smallest absolute Gasteiger partial charge is 0.330 e. The molecule has 1 aromatic rings. The second-order valence-electron chi connectivity index (χ2n) is 2.95. The molecule has 10 heteroatoms. The van der Waals surface area contributed by atoms with Crippen LogP contribution in [0.15, 0.2) is 0 Å². The maximum atomic E-state index is 11.6. The summed E-state index contributed by atoms with van der Waals surface area (Å²) in [6.07, 6.45) is 0. The topological polar surface area (TPSA) is 69.7 Å². The lowest BCUT2D eigenvalue weighted by molar-refractivity contribution is 0.0711. The third-order valence-electron chi connectivity index (χ3n) is 1.96. The Morgan fingerprint density at radius 1 is 0.722 bits per heavy atom. The maximum absolute atomic E-state index is 11.6. The first-order valence-electron chi connectivity index (χ1n) is 4.07. The Bertz CT molecular complexity index is 563. The summed E-state index contributed by atoms with van der Waals surface area (Å²) >= 11 is 20.5. The van der Waals surface area contributed by atoms with E-state index in [1.54, 1.807) is 0 Å². The molecule has 0 atom stereocenters. The van der Waals surface area contributed by atoms with Crippen molar-refractivity contribution in [1.29, 1.82) is 0 Å². The van der Waals surface area contributed by atoms with Gasteiger partial charge in [0.05, 0.1) is 31.2 Å². The van der Waals surface area contributed by atoms with E-state index in [-0.39, 0.29) is 20.1 Å². The molecule has 1 aromatic carbocycles. The number of halogens is 4. The average molecular weight is 350 g/mol. The Kier molecular flexibility index (Phi) is 3.75. The molecule has 1 aliphatic heterocycles. The Hall–Kier alpha value is -0.530.